The Labute approximate surface area is 88.8 Å². The van der Waals surface area contributed by atoms with Crippen LogP contribution in [0.4, 0.5) is 8.78 Å². The van der Waals surface area contributed by atoms with Crippen molar-refractivity contribution >= 4 is 5.91 Å². The Morgan fingerprint density at radius 3 is 2.53 bits per heavy atom. The number of carbonyl (C=O) groups is 1. The second-order valence-corrected chi connectivity index (χ2v) is 3.88. The minimum atomic E-state index is -2.85. The Balaban J connectivity index is 2.26. The van der Waals surface area contributed by atoms with Gasteiger partial charge in [-0.05, 0) is 31.8 Å². The van der Waals surface area contributed by atoms with Gasteiger partial charge in [-0.15, -0.1) is 0 Å². The number of carbonyl (C=O) groups excluding carboxylic acids is 1. The van der Waals surface area contributed by atoms with Crippen LogP contribution in [0.3, 0.4) is 0 Å². The topological polar surface area (TPSA) is 32.3 Å². The summed E-state index contributed by atoms with van der Waals surface area (Å²) in [5, 5.41) is 3.23. The van der Waals surface area contributed by atoms with Crippen molar-refractivity contribution in [1.29, 1.82) is 0 Å². The summed E-state index contributed by atoms with van der Waals surface area (Å²) in [5.41, 5.74) is 0. The zero-order valence-corrected chi connectivity index (χ0v) is 9.01. The fourth-order valence-electron chi connectivity index (χ4n) is 1.84. The fourth-order valence-corrected chi connectivity index (χ4v) is 1.84. The van der Waals surface area contributed by atoms with Gasteiger partial charge < -0.3 is 10.2 Å². The molecule has 3 nitrogen and oxygen atoms in total. The summed E-state index contributed by atoms with van der Waals surface area (Å²) in [5.74, 6) is -0.497. The summed E-state index contributed by atoms with van der Waals surface area (Å²) in [6.07, 6.45) is -1.20. The van der Waals surface area contributed by atoms with Crippen molar-refractivity contribution < 1.29 is 13.6 Å². The number of alkyl halides is 2. The van der Waals surface area contributed by atoms with Crippen LogP contribution in [0.25, 0.3) is 0 Å². The monoisotopic (exact) mass is 220 g/mol. The molecule has 1 N–H and O–H groups in total. The van der Waals surface area contributed by atoms with Crippen molar-refractivity contribution in [3.63, 3.8) is 0 Å². The van der Waals surface area contributed by atoms with E-state index in [0.29, 0.717) is 19.0 Å². The van der Waals surface area contributed by atoms with E-state index in [0.717, 1.165) is 25.9 Å². The van der Waals surface area contributed by atoms with Crippen LogP contribution in [0.2, 0.25) is 0 Å². The normalized spacial score (nSPS) is 18.5. The van der Waals surface area contributed by atoms with Gasteiger partial charge in [-0.2, -0.15) is 8.78 Å². The van der Waals surface area contributed by atoms with Crippen LogP contribution in [0.15, 0.2) is 0 Å². The molecule has 1 fully saturated rings. The highest BCUT2D eigenvalue weighted by molar-refractivity contribution is 5.79. The van der Waals surface area contributed by atoms with Gasteiger partial charge in [0, 0.05) is 13.1 Å². The number of halogens is 2. The Morgan fingerprint density at radius 2 is 2.07 bits per heavy atom. The minimum absolute atomic E-state index is 0.471. The second kappa shape index (κ2) is 6.00. The first kappa shape index (κ1) is 12.4. The molecule has 0 aromatic carbocycles. The molecule has 0 aromatic heterocycles. The number of likely N-dealkylation sites (tertiary alicyclic amines) is 1. The molecule has 88 valence electrons. The summed E-state index contributed by atoms with van der Waals surface area (Å²) < 4.78 is 24.2. The second-order valence-electron chi connectivity index (χ2n) is 3.88. The van der Waals surface area contributed by atoms with Crippen LogP contribution in [-0.4, -0.2) is 43.4 Å². The highest BCUT2D eigenvalue weighted by Gasteiger charge is 2.27. The van der Waals surface area contributed by atoms with E-state index in [1.807, 2.05) is 6.92 Å². The molecule has 15 heavy (non-hydrogen) atoms. The van der Waals surface area contributed by atoms with Crippen molar-refractivity contribution in [2.24, 2.45) is 5.92 Å². The number of amides is 1. The lowest BCUT2D eigenvalue weighted by atomic mass is 9.97. The molecule has 1 aliphatic heterocycles. The van der Waals surface area contributed by atoms with E-state index in [-0.39, 0.29) is 0 Å². The summed E-state index contributed by atoms with van der Waals surface area (Å²) in [6.45, 7) is 4.83. The zero-order chi connectivity index (χ0) is 11.3. The summed E-state index contributed by atoms with van der Waals surface area (Å²) in [6, 6.07) is 0. The van der Waals surface area contributed by atoms with Crippen molar-refractivity contribution in [1.82, 2.24) is 10.2 Å². The summed E-state index contributed by atoms with van der Waals surface area (Å²) >= 11 is 0. The molecule has 5 heteroatoms. The van der Waals surface area contributed by atoms with Crippen molar-refractivity contribution in [2.75, 3.05) is 26.2 Å². The molecule has 1 saturated heterocycles. The molecule has 0 atom stereocenters. The molecule has 0 bridgehead atoms. The van der Waals surface area contributed by atoms with Gasteiger partial charge in [0.2, 0.25) is 0 Å². The van der Waals surface area contributed by atoms with E-state index in [9.17, 15) is 13.6 Å². The van der Waals surface area contributed by atoms with E-state index in [1.165, 1.54) is 4.90 Å². The van der Waals surface area contributed by atoms with Gasteiger partial charge in [-0.3, -0.25) is 4.79 Å². The van der Waals surface area contributed by atoms with Gasteiger partial charge in [0.1, 0.15) is 0 Å². The first-order valence-electron chi connectivity index (χ1n) is 5.42. The molecule has 0 aliphatic carbocycles. The van der Waals surface area contributed by atoms with E-state index < -0.39 is 12.3 Å². The first-order valence-corrected chi connectivity index (χ1v) is 5.42. The minimum Gasteiger partial charge on any atom is -0.338 e. The third-order valence-electron chi connectivity index (χ3n) is 2.80. The Kier molecular flexibility index (Phi) is 4.94. The highest BCUT2D eigenvalue weighted by Crippen LogP contribution is 2.17. The standard InChI is InChI=1S/C10H18F2N2O/c1-2-13-7-8-3-5-14(6-4-8)10(15)9(11)12/h8-9,13H,2-7H2,1H3. The molecular formula is C10H18F2N2O. The predicted octanol–water partition coefficient (Wildman–Crippen LogP) is 1.10. The fraction of sp³-hybridized carbons (Fsp3) is 0.900. The van der Waals surface area contributed by atoms with Crippen LogP contribution >= 0.6 is 0 Å². The lowest BCUT2D eigenvalue weighted by Gasteiger charge is -2.31. The van der Waals surface area contributed by atoms with Crippen LogP contribution in [0.1, 0.15) is 19.8 Å². The van der Waals surface area contributed by atoms with E-state index in [4.69, 9.17) is 0 Å². The molecule has 0 aromatic rings. The Bertz CT molecular complexity index is 204. The maximum absolute atomic E-state index is 12.1. The van der Waals surface area contributed by atoms with Gasteiger partial charge >= 0.3 is 6.43 Å². The van der Waals surface area contributed by atoms with Crippen LogP contribution in [-0.2, 0) is 4.79 Å². The van der Waals surface area contributed by atoms with Crippen molar-refractivity contribution in [2.45, 2.75) is 26.2 Å². The van der Waals surface area contributed by atoms with Crippen LogP contribution in [0, 0.1) is 5.92 Å². The van der Waals surface area contributed by atoms with Gasteiger partial charge in [0.25, 0.3) is 5.91 Å². The van der Waals surface area contributed by atoms with Gasteiger partial charge in [0.05, 0.1) is 0 Å². The smallest absolute Gasteiger partial charge is 0.315 e. The molecule has 0 saturated carbocycles. The van der Waals surface area contributed by atoms with Gasteiger partial charge in [0.15, 0.2) is 0 Å². The third kappa shape index (κ3) is 3.74. The molecule has 0 unspecified atom stereocenters. The summed E-state index contributed by atoms with van der Waals surface area (Å²) in [4.78, 5) is 12.2. The molecule has 0 radical (unpaired) electrons. The molecule has 1 heterocycles. The molecule has 1 aliphatic rings. The zero-order valence-electron chi connectivity index (χ0n) is 9.01. The molecule has 1 rings (SSSR count). The lowest BCUT2D eigenvalue weighted by molar-refractivity contribution is -0.144. The van der Waals surface area contributed by atoms with Gasteiger partial charge in [-0.25, -0.2) is 0 Å². The average molecular weight is 220 g/mol. The third-order valence-corrected chi connectivity index (χ3v) is 2.80. The van der Waals surface area contributed by atoms with Crippen molar-refractivity contribution in [3.8, 4) is 0 Å². The Morgan fingerprint density at radius 1 is 1.47 bits per heavy atom. The lowest BCUT2D eigenvalue weighted by Crippen LogP contribution is -2.43. The first-order chi connectivity index (χ1) is 7.15. The number of nitrogens with one attached hydrogen (secondary N) is 1. The largest absolute Gasteiger partial charge is 0.338 e. The average Bonchev–Trinajstić information content (AvgIpc) is 2.26. The summed E-state index contributed by atoms with van der Waals surface area (Å²) in [7, 11) is 0. The number of piperidine rings is 1. The SMILES string of the molecule is CCNCC1CCN(C(=O)C(F)F)CC1. The molecule has 0 spiro atoms. The van der Waals surface area contributed by atoms with Crippen LogP contribution in [0.5, 0.6) is 0 Å². The van der Waals surface area contributed by atoms with Crippen molar-refractivity contribution in [3.05, 3.63) is 0 Å². The van der Waals surface area contributed by atoms with Crippen LogP contribution < -0.4 is 5.32 Å². The Hall–Kier alpha value is -0.710. The molecular weight excluding hydrogens is 202 g/mol. The van der Waals surface area contributed by atoms with E-state index >= 15 is 0 Å². The number of hydrogen-bond donors (Lipinski definition) is 1. The number of hydrogen-bond acceptors (Lipinski definition) is 2. The maximum Gasteiger partial charge on any atom is 0.315 e. The van der Waals surface area contributed by atoms with E-state index in [2.05, 4.69) is 5.32 Å². The van der Waals surface area contributed by atoms with Gasteiger partial charge in [-0.1, -0.05) is 6.92 Å². The molecule has 1 amide bonds. The number of nitrogens with zero attached hydrogens (tertiary/aromatic N) is 1. The maximum atomic E-state index is 12.1. The highest BCUT2D eigenvalue weighted by atomic mass is 19.3. The quantitative estimate of drug-likeness (QED) is 0.769. The predicted molar refractivity (Wildman–Crippen MR) is 53.9 cm³/mol. The number of rotatable bonds is 4. The van der Waals surface area contributed by atoms with E-state index in [1.54, 1.807) is 0 Å².